The zero-order chi connectivity index (χ0) is 23.9. The van der Waals surface area contributed by atoms with Crippen molar-refractivity contribution in [3.8, 4) is 0 Å². The summed E-state index contributed by atoms with van der Waals surface area (Å²) in [5.41, 5.74) is 7.05. The fourth-order valence-electron chi connectivity index (χ4n) is 6.72. The molecule has 2 heterocycles. The summed E-state index contributed by atoms with van der Waals surface area (Å²) in [5, 5.41) is 3.07. The van der Waals surface area contributed by atoms with Crippen molar-refractivity contribution in [2.24, 2.45) is 23.5 Å². The quantitative estimate of drug-likeness (QED) is 0.583. The summed E-state index contributed by atoms with van der Waals surface area (Å²) in [6.07, 6.45) is 11.0. The molecular weight excluding hydrogens is 424 g/mol. The third kappa shape index (κ3) is 6.19. The molecule has 1 saturated carbocycles. The van der Waals surface area contributed by atoms with Gasteiger partial charge in [-0.2, -0.15) is 0 Å². The molecule has 0 aromatic heterocycles. The second-order valence-corrected chi connectivity index (χ2v) is 10.8. The summed E-state index contributed by atoms with van der Waals surface area (Å²) in [6, 6.07) is 10.6. The summed E-state index contributed by atoms with van der Waals surface area (Å²) in [7, 11) is 1.78. The Morgan fingerprint density at radius 3 is 2.50 bits per heavy atom. The highest BCUT2D eigenvalue weighted by atomic mass is 16.2. The van der Waals surface area contributed by atoms with Gasteiger partial charge in [0, 0.05) is 31.6 Å². The van der Waals surface area contributed by atoms with Crippen LogP contribution in [0.4, 0.5) is 0 Å². The van der Waals surface area contributed by atoms with E-state index in [1.807, 2.05) is 0 Å². The lowest BCUT2D eigenvalue weighted by molar-refractivity contribution is -0.140. The number of amides is 2. The van der Waals surface area contributed by atoms with Gasteiger partial charge in [0.2, 0.25) is 11.8 Å². The molecule has 0 radical (unpaired) electrons. The van der Waals surface area contributed by atoms with Gasteiger partial charge in [0.05, 0.1) is 6.04 Å². The Bertz CT molecular complexity index is 795. The van der Waals surface area contributed by atoms with E-state index in [9.17, 15) is 9.59 Å². The average Bonchev–Trinajstić information content (AvgIpc) is 3.14. The Hall–Kier alpha value is -1.92. The van der Waals surface area contributed by atoms with E-state index in [-0.39, 0.29) is 17.7 Å². The molecule has 0 spiro atoms. The third-order valence-electron chi connectivity index (χ3n) is 8.74. The summed E-state index contributed by atoms with van der Waals surface area (Å²) >= 11 is 0. The third-order valence-corrected chi connectivity index (χ3v) is 8.74. The second-order valence-electron chi connectivity index (χ2n) is 10.8. The molecule has 6 nitrogen and oxygen atoms in total. The van der Waals surface area contributed by atoms with Crippen molar-refractivity contribution in [2.45, 2.75) is 76.3 Å². The fourth-order valence-corrected chi connectivity index (χ4v) is 6.72. The number of nitrogens with one attached hydrogen (secondary N) is 1. The Kier molecular flexibility index (Phi) is 9.01. The first-order valence-corrected chi connectivity index (χ1v) is 13.6. The van der Waals surface area contributed by atoms with E-state index in [4.69, 9.17) is 5.73 Å². The standard InChI is InChI=1S/C28H44N4O2/c1-30-25(27(29)33)19-24(22-11-6-3-7-12-22)28(34)32-18-15-23-13-8-16-31(20-26(23)32)17-14-21-9-4-2-5-10-21/h2,4-5,9-10,22-26,30H,3,6-8,11-20H2,1H3,(H2,29,33). The van der Waals surface area contributed by atoms with Gasteiger partial charge in [0.15, 0.2) is 0 Å². The molecule has 3 N–H and O–H groups in total. The predicted molar refractivity (Wildman–Crippen MR) is 136 cm³/mol. The van der Waals surface area contributed by atoms with Gasteiger partial charge < -0.3 is 20.9 Å². The van der Waals surface area contributed by atoms with Crippen molar-refractivity contribution >= 4 is 11.8 Å². The highest BCUT2D eigenvalue weighted by molar-refractivity contribution is 5.83. The molecule has 1 aromatic carbocycles. The fraction of sp³-hybridized carbons (Fsp3) is 0.714. The predicted octanol–water partition coefficient (Wildman–Crippen LogP) is 3.20. The second kappa shape index (κ2) is 12.2. The number of benzene rings is 1. The highest BCUT2D eigenvalue weighted by Gasteiger charge is 2.43. The monoisotopic (exact) mass is 468 g/mol. The van der Waals surface area contributed by atoms with E-state index in [0.717, 1.165) is 51.9 Å². The molecule has 2 amide bonds. The van der Waals surface area contributed by atoms with Crippen LogP contribution in [0.15, 0.2) is 30.3 Å². The van der Waals surface area contributed by atoms with Gasteiger partial charge in [0.1, 0.15) is 0 Å². The molecule has 6 heteroatoms. The van der Waals surface area contributed by atoms with Crippen LogP contribution in [-0.2, 0) is 16.0 Å². The van der Waals surface area contributed by atoms with Crippen LogP contribution in [0.2, 0.25) is 0 Å². The molecule has 34 heavy (non-hydrogen) atoms. The van der Waals surface area contributed by atoms with E-state index in [1.165, 1.54) is 37.7 Å². The van der Waals surface area contributed by atoms with E-state index < -0.39 is 6.04 Å². The van der Waals surface area contributed by atoms with Crippen molar-refractivity contribution in [3.05, 3.63) is 35.9 Å². The molecule has 2 saturated heterocycles. The lowest BCUT2D eigenvalue weighted by Gasteiger charge is -2.37. The highest BCUT2D eigenvalue weighted by Crippen LogP contribution is 2.38. The first-order chi connectivity index (χ1) is 16.6. The number of primary amides is 1. The van der Waals surface area contributed by atoms with Gasteiger partial charge in [-0.05, 0) is 75.9 Å². The van der Waals surface area contributed by atoms with E-state index in [0.29, 0.717) is 24.3 Å². The van der Waals surface area contributed by atoms with Gasteiger partial charge in [-0.1, -0.05) is 49.6 Å². The smallest absolute Gasteiger partial charge is 0.234 e. The van der Waals surface area contributed by atoms with Crippen LogP contribution in [-0.4, -0.2) is 66.9 Å². The number of carbonyl (C=O) groups excluding carboxylic acids is 2. The Balaban J connectivity index is 1.46. The number of carbonyl (C=O) groups is 2. The molecular formula is C28H44N4O2. The van der Waals surface area contributed by atoms with Gasteiger partial charge in [0.25, 0.3) is 0 Å². The van der Waals surface area contributed by atoms with Gasteiger partial charge in [-0.15, -0.1) is 0 Å². The van der Waals surface area contributed by atoms with Crippen LogP contribution in [0.5, 0.6) is 0 Å². The Morgan fingerprint density at radius 2 is 1.79 bits per heavy atom. The van der Waals surface area contributed by atoms with Crippen LogP contribution in [0, 0.1) is 17.8 Å². The maximum atomic E-state index is 14.1. The largest absolute Gasteiger partial charge is 0.368 e. The Morgan fingerprint density at radius 1 is 1.03 bits per heavy atom. The minimum atomic E-state index is -0.439. The van der Waals surface area contributed by atoms with E-state index in [1.54, 1.807) is 7.05 Å². The van der Waals surface area contributed by atoms with Crippen LogP contribution in [0.1, 0.15) is 63.4 Å². The zero-order valence-corrected chi connectivity index (χ0v) is 21.0. The minimum Gasteiger partial charge on any atom is -0.368 e. The number of nitrogens with zero attached hydrogens (tertiary/aromatic N) is 2. The molecule has 4 rings (SSSR count). The molecule has 3 aliphatic rings. The van der Waals surface area contributed by atoms with Crippen LogP contribution in [0.3, 0.4) is 0 Å². The summed E-state index contributed by atoms with van der Waals surface area (Å²) in [6.45, 7) is 4.01. The normalized spacial score (nSPS) is 26.0. The molecule has 3 fully saturated rings. The summed E-state index contributed by atoms with van der Waals surface area (Å²) in [4.78, 5) is 30.9. The molecule has 2 aliphatic heterocycles. The van der Waals surface area contributed by atoms with Crippen molar-refractivity contribution < 1.29 is 9.59 Å². The first-order valence-electron chi connectivity index (χ1n) is 13.6. The van der Waals surface area contributed by atoms with Crippen molar-refractivity contribution in [3.63, 3.8) is 0 Å². The number of nitrogens with two attached hydrogens (primary N) is 1. The number of rotatable bonds is 9. The molecule has 188 valence electrons. The molecule has 1 aliphatic carbocycles. The van der Waals surface area contributed by atoms with Crippen molar-refractivity contribution in [2.75, 3.05) is 33.2 Å². The molecule has 1 aromatic rings. The van der Waals surface area contributed by atoms with Crippen LogP contribution < -0.4 is 11.1 Å². The number of fused-ring (bicyclic) bond motifs is 1. The number of hydrogen-bond donors (Lipinski definition) is 2. The van der Waals surface area contributed by atoms with Crippen molar-refractivity contribution in [1.82, 2.24) is 15.1 Å². The first kappa shape index (κ1) is 25.2. The summed E-state index contributed by atoms with van der Waals surface area (Å²) < 4.78 is 0. The van der Waals surface area contributed by atoms with Crippen LogP contribution in [0.25, 0.3) is 0 Å². The lowest BCUT2D eigenvalue weighted by Crippen LogP contribution is -2.50. The van der Waals surface area contributed by atoms with Gasteiger partial charge in [-0.25, -0.2) is 0 Å². The summed E-state index contributed by atoms with van der Waals surface area (Å²) in [5.74, 6) is 0.803. The SMILES string of the molecule is CNC(CC(C(=O)N1CCC2CCCN(CCc3ccccc3)CC21)C1CCCCC1)C(N)=O. The maximum Gasteiger partial charge on any atom is 0.234 e. The lowest BCUT2D eigenvalue weighted by atomic mass is 9.76. The van der Waals surface area contributed by atoms with Gasteiger partial charge >= 0.3 is 0 Å². The number of likely N-dealkylation sites (N-methyl/N-ethyl adjacent to an activating group) is 1. The van der Waals surface area contributed by atoms with E-state index >= 15 is 0 Å². The molecule has 4 atom stereocenters. The zero-order valence-electron chi connectivity index (χ0n) is 21.0. The van der Waals surface area contributed by atoms with E-state index in [2.05, 4.69) is 45.4 Å². The molecule has 0 bridgehead atoms. The molecule has 4 unspecified atom stereocenters. The number of hydrogen-bond acceptors (Lipinski definition) is 4. The average molecular weight is 469 g/mol. The number of likely N-dealkylation sites (tertiary alicyclic amines) is 2. The Labute approximate surface area is 205 Å². The topological polar surface area (TPSA) is 78.7 Å². The maximum absolute atomic E-state index is 14.1. The van der Waals surface area contributed by atoms with Gasteiger partial charge in [-0.3, -0.25) is 9.59 Å². The van der Waals surface area contributed by atoms with Crippen molar-refractivity contribution in [1.29, 1.82) is 0 Å². The van der Waals surface area contributed by atoms with Crippen LogP contribution >= 0.6 is 0 Å². The minimum absolute atomic E-state index is 0.106.